The number of alkyl halides is 3. The Morgan fingerprint density at radius 2 is 2.06 bits per heavy atom. The van der Waals surface area contributed by atoms with Gasteiger partial charge in [0.05, 0.1) is 11.8 Å². The number of hydrogen-bond acceptors (Lipinski definition) is 5. The van der Waals surface area contributed by atoms with Crippen LogP contribution in [0.5, 0.6) is 0 Å². The van der Waals surface area contributed by atoms with E-state index in [-0.39, 0.29) is 15.7 Å². The van der Waals surface area contributed by atoms with Crippen molar-refractivity contribution in [2.75, 3.05) is 5.73 Å². The topological polar surface area (TPSA) is 69.6 Å². The van der Waals surface area contributed by atoms with Gasteiger partial charge in [0.15, 0.2) is 10.7 Å². The third-order valence-corrected chi connectivity index (χ3v) is 2.66. The lowest BCUT2D eigenvalue weighted by Gasteiger charge is -2.07. The number of nitrogens with two attached hydrogens (primary N) is 1. The maximum atomic E-state index is 12.7. The summed E-state index contributed by atoms with van der Waals surface area (Å²) in [5.74, 6) is 0. The highest BCUT2D eigenvalue weighted by atomic mass is 32.1. The molecule has 0 unspecified atom stereocenters. The molecule has 0 amide bonds. The summed E-state index contributed by atoms with van der Waals surface area (Å²) >= 11 is 0.887. The molecule has 5 nitrogen and oxygen atoms in total. The second-order valence-corrected chi connectivity index (χ2v) is 3.98. The van der Waals surface area contributed by atoms with Crippen molar-refractivity contribution in [2.24, 2.45) is 7.05 Å². The van der Waals surface area contributed by atoms with Crippen molar-refractivity contribution < 1.29 is 13.2 Å². The van der Waals surface area contributed by atoms with Gasteiger partial charge in [-0.15, -0.1) is 10.2 Å². The van der Waals surface area contributed by atoms with E-state index >= 15 is 0 Å². The minimum Gasteiger partial charge on any atom is -0.374 e. The first kappa shape index (κ1) is 10.9. The number of rotatable bonds is 1. The third-order valence-electron chi connectivity index (χ3n) is 1.88. The van der Waals surface area contributed by atoms with Crippen molar-refractivity contribution >= 4 is 16.5 Å². The van der Waals surface area contributed by atoms with E-state index in [0.717, 1.165) is 22.2 Å². The SMILES string of the molecule is Cn1ncc(-c2nnc(N)s2)c1C(F)(F)F. The zero-order chi connectivity index (χ0) is 11.9. The van der Waals surface area contributed by atoms with Crippen molar-refractivity contribution in [1.29, 1.82) is 0 Å². The minimum atomic E-state index is -4.49. The van der Waals surface area contributed by atoms with Crippen molar-refractivity contribution in [3.63, 3.8) is 0 Å². The van der Waals surface area contributed by atoms with Gasteiger partial charge < -0.3 is 5.73 Å². The van der Waals surface area contributed by atoms with Crippen LogP contribution in [0.2, 0.25) is 0 Å². The Balaban J connectivity index is 2.58. The number of aryl methyl sites for hydroxylation is 1. The molecular formula is C7H6F3N5S. The zero-order valence-corrected chi connectivity index (χ0v) is 8.80. The van der Waals surface area contributed by atoms with Crippen molar-refractivity contribution in [3.05, 3.63) is 11.9 Å². The third kappa shape index (κ3) is 1.73. The lowest BCUT2D eigenvalue weighted by atomic mass is 10.2. The van der Waals surface area contributed by atoms with Crippen LogP contribution in [0, 0.1) is 0 Å². The maximum absolute atomic E-state index is 12.7. The van der Waals surface area contributed by atoms with Gasteiger partial charge in [-0.3, -0.25) is 4.68 Å². The molecule has 9 heteroatoms. The number of aromatic nitrogens is 4. The maximum Gasteiger partial charge on any atom is 0.433 e. The summed E-state index contributed by atoms with van der Waals surface area (Å²) in [4.78, 5) is 0. The van der Waals surface area contributed by atoms with E-state index in [4.69, 9.17) is 5.73 Å². The molecule has 2 aromatic heterocycles. The van der Waals surface area contributed by atoms with Crippen LogP contribution in [-0.2, 0) is 13.2 Å². The van der Waals surface area contributed by atoms with Crippen molar-refractivity contribution in [3.8, 4) is 10.6 Å². The molecule has 0 aromatic carbocycles. The highest BCUT2D eigenvalue weighted by Gasteiger charge is 2.38. The smallest absolute Gasteiger partial charge is 0.374 e. The molecule has 0 aliphatic heterocycles. The Hall–Kier alpha value is -1.64. The first-order valence-corrected chi connectivity index (χ1v) is 4.90. The first-order chi connectivity index (χ1) is 7.39. The lowest BCUT2D eigenvalue weighted by Crippen LogP contribution is -2.13. The van der Waals surface area contributed by atoms with Gasteiger partial charge in [0, 0.05) is 7.05 Å². The largest absolute Gasteiger partial charge is 0.433 e. The number of halogens is 3. The predicted octanol–water partition coefficient (Wildman–Crippen LogP) is 1.54. The van der Waals surface area contributed by atoms with Gasteiger partial charge in [-0.05, 0) is 0 Å². The molecular weight excluding hydrogens is 243 g/mol. The van der Waals surface area contributed by atoms with Crippen molar-refractivity contribution in [1.82, 2.24) is 20.0 Å². The van der Waals surface area contributed by atoms with Crippen LogP contribution in [0.1, 0.15) is 5.69 Å². The number of nitrogens with zero attached hydrogens (tertiary/aromatic N) is 4. The summed E-state index contributed by atoms with van der Waals surface area (Å²) in [6.45, 7) is 0. The molecule has 0 spiro atoms. The van der Waals surface area contributed by atoms with Crippen molar-refractivity contribution in [2.45, 2.75) is 6.18 Å². The van der Waals surface area contributed by atoms with E-state index in [2.05, 4.69) is 15.3 Å². The molecule has 2 rings (SSSR count). The van der Waals surface area contributed by atoms with E-state index in [9.17, 15) is 13.2 Å². The number of anilines is 1. The molecule has 0 radical (unpaired) electrons. The van der Waals surface area contributed by atoms with Gasteiger partial charge in [0.25, 0.3) is 0 Å². The molecule has 2 N–H and O–H groups in total. The van der Waals surface area contributed by atoms with Crippen LogP contribution >= 0.6 is 11.3 Å². The fourth-order valence-electron chi connectivity index (χ4n) is 1.27. The predicted molar refractivity (Wildman–Crippen MR) is 51.5 cm³/mol. The lowest BCUT2D eigenvalue weighted by molar-refractivity contribution is -0.143. The highest BCUT2D eigenvalue weighted by molar-refractivity contribution is 7.18. The molecule has 0 saturated carbocycles. The first-order valence-electron chi connectivity index (χ1n) is 4.08. The van der Waals surface area contributed by atoms with E-state index in [1.54, 1.807) is 0 Å². The summed E-state index contributed by atoms with van der Waals surface area (Å²) in [6.07, 6.45) is -3.39. The minimum absolute atomic E-state index is 0.107. The fourth-order valence-corrected chi connectivity index (χ4v) is 1.89. The van der Waals surface area contributed by atoms with Gasteiger partial charge in [-0.2, -0.15) is 18.3 Å². The van der Waals surface area contributed by atoms with E-state index in [1.807, 2.05) is 0 Å². The van der Waals surface area contributed by atoms with Crippen LogP contribution < -0.4 is 5.73 Å². The standard InChI is InChI=1S/C7H6F3N5S/c1-15-4(7(8,9)10)3(2-12-15)5-13-14-6(11)16-5/h2H,1H3,(H2,11,14). The molecule has 0 aliphatic rings. The Kier molecular flexibility index (Phi) is 2.34. The summed E-state index contributed by atoms with van der Waals surface area (Å²) in [5, 5.41) is 10.8. The normalized spacial score (nSPS) is 12.0. The van der Waals surface area contributed by atoms with Gasteiger partial charge in [-0.25, -0.2) is 0 Å². The summed E-state index contributed by atoms with van der Waals surface area (Å²) in [7, 11) is 1.22. The molecule has 16 heavy (non-hydrogen) atoms. The summed E-state index contributed by atoms with van der Waals surface area (Å²) < 4.78 is 38.9. The zero-order valence-electron chi connectivity index (χ0n) is 7.99. The molecule has 0 aliphatic carbocycles. The van der Waals surface area contributed by atoms with Gasteiger partial charge in [0.1, 0.15) is 0 Å². The number of hydrogen-bond donors (Lipinski definition) is 1. The Labute approximate surface area is 91.7 Å². The van der Waals surface area contributed by atoms with Crippen LogP contribution in [0.4, 0.5) is 18.3 Å². The second kappa shape index (κ2) is 3.44. The highest BCUT2D eigenvalue weighted by Crippen LogP contribution is 2.37. The average Bonchev–Trinajstić information content (AvgIpc) is 2.70. The Bertz CT molecular complexity index is 514. The average molecular weight is 249 g/mol. The Morgan fingerprint density at radius 3 is 2.56 bits per heavy atom. The van der Waals surface area contributed by atoms with E-state index in [1.165, 1.54) is 7.05 Å². The van der Waals surface area contributed by atoms with Crippen LogP contribution in [0.15, 0.2) is 6.20 Å². The van der Waals surface area contributed by atoms with Crippen LogP contribution in [0.3, 0.4) is 0 Å². The van der Waals surface area contributed by atoms with E-state index in [0.29, 0.717) is 0 Å². The molecule has 86 valence electrons. The molecule has 2 heterocycles. The molecule has 2 aromatic rings. The fraction of sp³-hybridized carbons (Fsp3) is 0.286. The second-order valence-electron chi connectivity index (χ2n) is 2.97. The molecule has 0 fully saturated rings. The molecule has 0 bridgehead atoms. The van der Waals surface area contributed by atoms with Gasteiger partial charge in [0.2, 0.25) is 5.13 Å². The quantitative estimate of drug-likeness (QED) is 0.832. The van der Waals surface area contributed by atoms with Gasteiger partial charge in [-0.1, -0.05) is 11.3 Å². The molecule has 0 saturated heterocycles. The number of nitrogen functional groups attached to an aromatic ring is 1. The molecule has 0 atom stereocenters. The summed E-state index contributed by atoms with van der Waals surface area (Å²) in [6, 6.07) is 0. The van der Waals surface area contributed by atoms with Crippen LogP contribution in [-0.4, -0.2) is 20.0 Å². The summed E-state index contributed by atoms with van der Waals surface area (Å²) in [5.41, 5.74) is 4.35. The van der Waals surface area contributed by atoms with Gasteiger partial charge >= 0.3 is 6.18 Å². The van der Waals surface area contributed by atoms with E-state index < -0.39 is 11.9 Å². The van der Waals surface area contributed by atoms with Crippen LogP contribution in [0.25, 0.3) is 10.6 Å². The Morgan fingerprint density at radius 1 is 1.38 bits per heavy atom. The monoisotopic (exact) mass is 249 g/mol.